The Labute approximate surface area is 149 Å². The first kappa shape index (κ1) is 18.1. The van der Waals surface area contributed by atoms with Gasteiger partial charge >= 0.3 is 5.97 Å². The van der Waals surface area contributed by atoms with Crippen LogP contribution in [0.2, 0.25) is 0 Å². The number of hydrogen-bond donors (Lipinski definition) is 1. The number of carboxylic acids is 1. The fourth-order valence-electron chi connectivity index (χ4n) is 3.84. The van der Waals surface area contributed by atoms with Crippen molar-refractivity contribution in [2.75, 3.05) is 51.3 Å². The Hall–Kier alpha value is -1.73. The van der Waals surface area contributed by atoms with E-state index in [9.17, 15) is 4.79 Å². The predicted molar refractivity (Wildman–Crippen MR) is 95.1 cm³/mol. The van der Waals surface area contributed by atoms with E-state index in [-0.39, 0.29) is 6.54 Å². The number of aromatic nitrogens is 2. The Kier molecular flexibility index (Phi) is 5.86. The first-order valence-corrected chi connectivity index (χ1v) is 9.17. The van der Waals surface area contributed by atoms with Crippen molar-refractivity contribution in [1.82, 2.24) is 14.9 Å². The van der Waals surface area contributed by atoms with E-state index in [0.29, 0.717) is 5.92 Å². The van der Waals surface area contributed by atoms with Gasteiger partial charge in [-0.15, -0.1) is 0 Å². The van der Waals surface area contributed by atoms with Gasteiger partial charge in [0.25, 0.3) is 0 Å². The van der Waals surface area contributed by atoms with Gasteiger partial charge in [-0.05, 0) is 12.8 Å². The van der Waals surface area contributed by atoms with Crippen molar-refractivity contribution >= 4 is 11.8 Å². The van der Waals surface area contributed by atoms with E-state index in [1.54, 1.807) is 7.11 Å². The van der Waals surface area contributed by atoms with Gasteiger partial charge in [0.1, 0.15) is 11.6 Å². The molecule has 0 radical (unpaired) electrons. The van der Waals surface area contributed by atoms with Crippen LogP contribution in [-0.2, 0) is 28.8 Å². The molecule has 0 aliphatic carbocycles. The first-order valence-electron chi connectivity index (χ1n) is 9.17. The van der Waals surface area contributed by atoms with Crippen molar-refractivity contribution in [3.05, 3.63) is 17.1 Å². The molecule has 1 aromatic rings. The number of fused-ring (bicyclic) bond motifs is 1. The number of aliphatic carboxylic acids is 1. The average Bonchev–Trinajstić information content (AvgIpc) is 2.96. The van der Waals surface area contributed by atoms with Crippen molar-refractivity contribution < 1.29 is 14.6 Å². The molecule has 3 heterocycles. The molecule has 138 valence electrons. The largest absolute Gasteiger partial charge is 0.480 e. The van der Waals surface area contributed by atoms with Crippen molar-refractivity contribution in [3.8, 4) is 0 Å². The van der Waals surface area contributed by atoms with Crippen molar-refractivity contribution in [1.29, 1.82) is 0 Å². The van der Waals surface area contributed by atoms with E-state index >= 15 is 0 Å². The Morgan fingerprint density at radius 2 is 2.08 bits per heavy atom. The second-order valence-electron chi connectivity index (χ2n) is 6.97. The third-order valence-electron chi connectivity index (χ3n) is 5.12. The summed E-state index contributed by atoms with van der Waals surface area (Å²) in [5, 5.41) is 9.07. The van der Waals surface area contributed by atoms with Gasteiger partial charge in [0.15, 0.2) is 0 Å². The van der Waals surface area contributed by atoms with E-state index in [1.807, 2.05) is 4.90 Å². The lowest BCUT2D eigenvalue weighted by atomic mass is 10.1. The quantitative estimate of drug-likeness (QED) is 0.821. The van der Waals surface area contributed by atoms with Gasteiger partial charge < -0.3 is 14.7 Å². The molecular formula is C18H28N4O3. The number of nitrogens with zero attached hydrogens (tertiary/aromatic N) is 4. The monoisotopic (exact) mass is 348 g/mol. The summed E-state index contributed by atoms with van der Waals surface area (Å²) in [6, 6.07) is 0. The highest BCUT2D eigenvalue weighted by atomic mass is 16.5. The molecule has 0 aromatic carbocycles. The minimum absolute atomic E-state index is 0.0943. The minimum Gasteiger partial charge on any atom is -0.480 e. The van der Waals surface area contributed by atoms with Crippen LogP contribution in [0.4, 0.5) is 5.82 Å². The summed E-state index contributed by atoms with van der Waals surface area (Å²) in [6.45, 7) is 6.42. The van der Waals surface area contributed by atoms with E-state index in [2.05, 4.69) is 11.8 Å². The summed E-state index contributed by atoms with van der Waals surface area (Å²) >= 11 is 0. The number of anilines is 1. The standard InChI is InChI=1S/C18H28N4O3/c1-3-16-19-15-6-8-21(11-17(23)24)7-5-14(15)18(20-16)22-9-4-13(10-22)12-25-2/h13H,3-12H2,1-2H3,(H,23,24)/t13-/m1/s1. The topological polar surface area (TPSA) is 78.8 Å². The molecule has 1 saturated heterocycles. The smallest absolute Gasteiger partial charge is 0.317 e. The van der Waals surface area contributed by atoms with Crippen LogP contribution in [0.3, 0.4) is 0 Å². The summed E-state index contributed by atoms with van der Waals surface area (Å²) < 4.78 is 5.32. The predicted octanol–water partition coefficient (Wildman–Crippen LogP) is 0.997. The number of rotatable bonds is 6. The van der Waals surface area contributed by atoms with Crippen LogP contribution >= 0.6 is 0 Å². The van der Waals surface area contributed by atoms with Gasteiger partial charge in [0.2, 0.25) is 0 Å². The Balaban J connectivity index is 1.84. The van der Waals surface area contributed by atoms with E-state index in [1.165, 1.54) is 5.56 Å². The summed E-state index contributed by atoms with van der Waals surface area (Å²) in [6.07, 6.45) is 3.54. The molecule has 1 N–H and O–H groups in total. The zero-order valence-corrected chi connectivity index (χ0v) is 15.2. The molecule has 1 atom stereocenters. The van der Waals surface area contributed by atoms with Gasteiger partial charge in [-0.3, -0.25) is 9.69 Å². The highest BCUT2D eigenvalue weighted by Gasteiger charge is 2.28. The van der Waals surface area contributed by atoms with Crippen LogP contribution < -0.4 is 4.90 Å². The van der Waals surface area contributed by atoms with Gasteiger partial charge in [-0.25, -0.2) is 9.97 Å². The van der Waals surface area contributed by atoms with Crippen molar-refractivity contribution in [2.45, 2.75) is 32.6 Å². The normalized spacial score (nSPS) is 21.2. The van der Waals surface area contributed by atoms with Crippen molar-refractivity contribution in [2.24, 2.45) is 5.92 Å². The summed E-state index contributed by atoms with van der Waals surface area (Å²) in [5.74, 6) is 1.73. The first-order chi connectivity index (χ1) is 12.1. The molecule has 1 aromatic heterocycles. The molecule has 7 nitrogen and oxygen atoms in total. The second-order valence-corrected chi connectivity index (χ2v) is 6.97. The van der Waals surface area contributed by atoms with Gasteiger partial charge in [-0.2, -0.15) is 0 Å². The lowest BCUT2D eigenvalue weighted by Gasteiger charge is -2.23. The lowest BCUT2D eigenvalue weighted by molar-refractivity contribution is -0.138. The van der Waals surface area contributed by atoms with Crippen LogP contribution in [0.5, 0.6) is 0 Å². The van der Waals surface area contributed by atoms with Crippen LogP contribution in [0, 0.1) is 5.92 Å². The number of ether oxygens (including phenoxy) is 1. The lowest BCUT2D eigenvalue weighted by Crippen LogP contribution is -2.32. The molecule has 3 rings (SSSR count). The number of carbonyl (C=O) groups is 1. The maximum Gasteiger partial charge on any atom is 0.317 e. The van der Waals surface area contributed by atoms with Crippen LogP contribution in [0.1, 0.15) is 30.4 Å². The Morgan fingerprint density at radius 3 is 2.80 bits per heavy atom. The maximum atomic E-state index is 11.0. The molecular weight excluding hydrogens is 320 g/mol. The molecule has 0 bridgehead atoms. The molecule has 0 saturated carbocycles. The molecule has 25 heavy (non-hydrogen) atoms. The Bertz CT molecular complexity index is 623. The van der Waals surface area contributed by atoms with Crippen LogP contribution in [0.25, 0.3) is 0 Å². The maximum absolute atomic E-state index is 11.0. The fourth-order valence-corrected chi connectivity index (χ4v) is 3.84. The molecule has 1 fully saturated rings. The molecule has 2 aliphatic rings. The number of aryl methyl sites for hydroxylation is 1. The van der Waals surface area contributed by atoms with Gasteiger partial charge in [-0.1, -0.05) is 6.92 Å². The molecule has 7 heteroatoms. The van der Waals surface area contributed by atoms with Crippen molar-refractivity contribution in [3.63, 3.8) is 0 Å². The third-order valence-corrected chi connectivity index (χ3v) is 5.12. The second kappa shape index (κ2) is 8.10. The van der Waals surface area contributed by atoms with E-state index in [4.69, 9.17) is 19.8 Å². The van der Waals surface area contributed by atoms with E-state index in [0.717, 1.165) is 75.8 Å². The SMILES string of the molecule is CCc1nc2c(c(N3CC[C@@H](COC)C3)n1)CCN(CC(=O)O)CC2. The Morgan fingerprint density at radius 1 is 1.28 bits per heavy atom. The number of hydrogen-bond acceptors (Lipinski definition) is 6. The van der Waals surface area contributed by atoms with E-state index < -0.39 is 5.97 Å². The van der Waals surface area contributed by atoms with Gasteiger partial charge in [0.05, 0.1) is 18.8 Å². The summed E-state index contributed by atoms with van der Waals surface area (Å²) in [4.78, 5) is 25.0. The highest BCUT2D eigenvalue weighted by molar-refractivity contribution is 5.69. The zero-order chi connectivity index (χ0) is 17.8. The number of methoxy groups -OCH3 is 1. The fraction of sp³-hybridized carbons (Fsp3) is 0.722. The third kappa shape index (κ3) is 4.27. The molecule has 2 aliphatic heterocycles. The number of carboxylic acid groups (broad SMARTS) is 1. The molecule has 0 amide bonds. The average molecular weight is 348 g/mol. The summed E-state index contributed by atoms with van der Waals surface area (Å²) in [5.41, 5.74) is 2.31. The van der Waals surface area contributed by atoms with Crippen LogP contribution in [-0.4, -0.2) is 72.4 Å². The minimum atomic E-state index is -0.770. The zero-order valence-electron chi connectivity index (χ0n) is 15.2. The molecule has 0 unspecified atom stereocenters. The summed E-state index contributed by atoms with van der Waals surface area (Å²) in [7, 11) is 1.76. The molecule has 0 spiro atoms. The van der Waals surface area contributed by atoms with Crippen LogP contribution in [0.15, 0.2) is 0 Å². The highest BCUT2D eigenvalue weighted by Crippen LogP contribution is 2.29. The van der Waals surface area contributed by atoms with Gasteiger partial charge in [0, 0.05) is 57.6 Å².